The van der Waals surface area contributed by atoms with Gasteiger partial charge < -0.3 is 10.0 Å². The number of hydrogen-bond acceptors (Lipinski definition) is 3. The molecule has 2 aromatic carbocycles. The second-order valence-electron chi connectivity index (χ2n) is 6.99. The number of rotatable bonds is 5. The van der Waals surface area contributed by atoms with Crippen molar-refractivity contribution in [1.29, 1.82) is 0 Å². The van der Waals surface area contributed by atoms with Crippen LogP contribution in [-0.4, -0.2) is 50.9 Å². The van der Waals surface area contributed by atoms with Crippen molar-refractivity contribution in [2.24, 2.45) is 7.05 Å². The minimum atomic E-state index is -5.08. The normalized spacial score (nSPS) is 11.2. The number of aryl methyl sites for hydroxylation is 1. The van der Waals surface area contributed by atoms with E-state index in [9.17, 15) is 18.0 Å². The van der Waals surface area contributed by atoms with Crippen LogP contribution in [-0.2, 0) is 11.8 Å². The van der Waals surface area contributed by atoms with Crippen molar-refractivity contribution in [3.05, 3.63) is 52.1 Å². The standard InChI is InChI=1S/C20H21Cl2N3O.C2HF3O2.H2/c1-4-11-25(5-2)20(26)19-16-8-6-7-15(18(16)23-24(19)3)14-10-9-13(21)12-17(14)22;3-2(4,5)1(6)7;/h6-10,12H,4-5,11H2,1-3H3;(H,6,7);1H. The number of carboxylic acids is 1. The number of aliphatic carboxylic acids is 1. The molecule has 1 heterocycles. The Kier molecular flexibility index (Phi) is 8.74. The highest BCUT2D eigenvalue weighted by Crippen LogP contribution is 2.35. The summed E-state index contributed by atoms with van der Waals surface area (Å²) in [6.45, 7) is 5.45. The maximum Gasteiger partial charge on any atom is 0.490 e. The van der Waals surface area contributed by atoms with Crippen LogP contribution in [0.5, 0.6) is 0 Å². The van der Waals surface area contributed by atoms with Crippen LogP contribution in [0.2, 0.25) is 10.0 Å². The van der Waals surface area contributed by atoms with E-state index in [1.165, 1.54) is 0 Å². The molecular formula is C22H24Cl2F3N3O3. The Balaban J connectivity index is 0.000000633. The van der Waals surface area contributed by atoms with E-state index in [1.54, 1.807) is 23.9 Å². The molecule has 0 fully saturated rings. The van der Waals surface area contributed by atoms with E-state index >= 15 is 0 Å². The topological polar surface area (TPSA) is 75.4 Å². The smallest absolute Gasteiger partial charge is 0.475 e. The lowest BCUT2D eigenvalue weighted by Crippen LogP contribution is -2.33. The molecule has 1 aromatic heterocycles. The Morgan fingerprint density at radius 1 is 1.15 bits per heavy atom. The number of carbonyl (C=O) groups is 2. The predicted molar refractivity (Wildman–Crippen MR) is 124 cm³/mol. The fraction of sp³-hybridized carbons (Fsp3) is 0.318. The summed E-state index contributed by atoms with van der Waals surface area (Å²) in [6, 6.07) is 11.2. The molecule has 0 unspecified atom stereocenters. The van der Waals surface area contributed by atoms with Crippen LogP contribution >= 0.6 is 23.2 Å². The van der Waals surface area contributed by atoms with Crippen LogP contribution in [0, 0.1) is 0 Å². The Hall–Kier alpha value is -2.78. The van der Waals surface area contributed by atoms with Gasteiger partial charge in [-0.25, -0.2) is 4.79 Å². The third-order valence-electron chi connectivity index (χ3n) is 4.69. The molecule has 0 bridgehead atoms. The Morgan fingerprint density at radius 2 is 1.79 bits per heavy atom. The minimum Gasteiger partial charge on any atom is -0.475 e. The molecule has 0 aliphatic heterocycles. The van der Waals surface area contributed by atoms with Gasteiger partial charge in [0.1, 0.15) is 11.2 Å². The first-order chi connectivity index (χ1) is 15.4. The highest BCUT2D eigenvalue weighted by Gasteiger charge is 2.38. The van der Waals surface area contributed by atoms with Crippen molar-refractivity contribution in [2.45, 2.75) is 26.4 Å². The summed E-state index contributed by atoms with van der Waals surface area (Å²) >= 11 is 12.4. The summed E-state index contributed by atoms with van der Waals surface area (Å²) in [7, 11) is 1.81. The van der Waals surface area contributed by atoms with Crippen LogP contribution in [0.25, 0.3) is 22.0 Å². The number of carboxylic acid groups (broad SMARTS) is 1. The zero-order valence-corrected chi connectivity index (χ0v) is 19.6. The van der Waals surface area contributed by atoms with Crippen LogP contribution in [0.4, 0.5) is 13.2 Å². The fourth-order valence-corrected chi connectivity index (χ4v) is 3.73. The quantitative estimate of drug-likeness (QED) is 0.441. The van der Waals surface area contributed by atoms with E-state index in [-0.39, 0.29) is 7.33 Å². The molecule has 6 nitrogen and oxygen atoms in total. The number of hydrogen-bond donors (Lipinski definition) is 1. The molecule has 0 saturated heterocycles. The van der Waals surface area contributed by atoms with Crippen molar-refractivity contribution >= 4 is 46.0 Å². The zero-order chi connectivity index (χ0) is 24.9. The van der Waals surface area contributed by atoms with Gasteiger partial charge in [0.2, 0.25) is 0 Å². The summed E-state index contributed by atoms with van der Waals surface area (Å²) in [5.41, 5.74) is 3.09. The number of nitrogens with zero attached hydrogens (tertiary/aromatic N) is 3. The second-order valence-corrected chi connectivity index (χ2v) is 7.83. The first-order valence-corrected chi connectivity index (χ1v) is 10.7. The first kappa shape index (κ1) is 26.5. The third kappa shape index (κ3) is 6.17. The molecule has 180 valence electrons. The van der Waals surface area contributed by atoms with Crippen molar-refractivity contribution in [2.75, 3.05) is 13.1 Å². The Bertz CT molecular complexity index is 1170. The molecule has 1 amide bonds. The number of carbonyl (C=O) groups excluding carboxylic acids is 1. The Morgan fingerprint density at radius 3 is 2.30 bits per heavy atom. The van der Waals surface area contributed by atoms with Gasteiger partial charge >= 0.3 is 12.1 Å². The molecule has 0 saturated carbocycles. The summed E-state index contributed by atoms with van der Waals surface area (Å²) in [5.74, 6) is -2.76. The molecule has 33 heavy (non-hydrogen) atoms. The molecule has 1 N–H and O–H groups in total. The second kappa shape index (κ2) is 10.9. The lowest BCUT2D eigenvalue weighted by atomic mass is 10.0. The van der Waals surface area contributed by atoms with E-state index in [2.05, 4.69) is 12.0 Å². The van der Waals surface area contributed by atoms with Crippen LogP contribution in [0.15, 0.2) is 36.4 Å². The number of halogens is 5. The van der Waals surface area contributed by atoms with E-state index < -0.39 is 12.1 Å². The molecular weight excluding hydrogens is 482 g/mol. The van der Waals surface area contributed by atoms with Gasteiger partial charge in [0.15, 0.2) is 0 Å². The van der Waals surface area contributed by atoms with Crippen LogP contribution < -0.4 is 0 Å². The summed E-state index contributed by atoms with van der Waals surface area (Å²) in [5, 5.41) is 13.7. The molecule has 0 atom stereocenters. The summed E-state index contributed by atoms with van der Waals surface area (Å²) < 4.78 is 33.4. The SMILES string of the molecule is CCCN(CC)C(=O)c1c2cccc(-c3ccc(Cl)cc3Cl)c2nn1C.O=C(O)C(F)(F)F.[HH]. The van der Waals surface area contributed by atoms with Crippen molar-refractivity contribution in [1.82, 2.24) is 14.7 Å². The average Bonchev–Trinajstić information content (AvgIpc) is 3.07. The van der Waals surface area contributed by atoms with E-state index in [0.29, 0.717) is 22.3 Å². The predicted octanol–water partition coefficient (Wildman–Crippen LogP) is 6.30. The maximum atomic E-state index is 13.0. The zero-order valence-electron chi connectivity index (χ0n) is 18.1. The van der Waals surface area contributed by atoms with E-state index in [4.69, 9.17) is 33.1 Å². The van der Waals surface area contributed by atoms with Gasteiger partial charge in [-0.3, -0.25) is 9.48 Å². The number of aromatic nitrogens is 2. The highest BCUT2D eigenvalue weighted by molar-refractivity contribution is 6.36. The van der Waals surface area contributed by atoms with Crippen LogP contribution in [0.1, 0.15) is 32.2 Å². The first-order valence-electron chi connectivity index (χ1n) is 9.92. The van der Waals surface area contributed by atoms with Gasteiger partial charge in [-0.15, -0.1) is 0 Å². The maximum absolute atomic E-state index is 13.0. The van der Waals surface area contributed by atoms with E-state index in [1.807, 2.05) is 36.1 Å². The van der Waals surface area contributed by atoms with Gasteiger partial charge in [0.05, 0.1) is 0 Å². The highest BCUT2D eigenvalue weighted by atomic mass is 35.5. The van der Waals surface area contributed by atoms with Crippen molar-refractivity contribution in [3.63, 3.8) is 0 Å². The molecule has 0 aliphatic rings. The van der Waals surface area contributed by atoms with Gasteiger partial charge in [-0.2, -0.15) is 18.3 Å². The number of alkyl halides is 3. The third-order valence-corrected chi connectivity index (χ3v) is 5.24. The largest absolute Gasteiger partial charge is 0.490 e. The van der Waals surface area contributed by atoms with Crippen molar-refractivity contribution in [3.8, 4) is 11.1 Å². The molecule has 11 heteroatoms. The molecule has 0 spiro atoms. The van der Waals surface area contributed by atoms with E-state index in [0.717, 1.165) is 35.0 Å². The average molecular weight is 506 g/mol. The minimum absolute atomic E-state index is 0. The summed E-state index contributed by atoms with van der Waals surface area (Å²) in [4.78, 5) is 23.8. The fourth-order valence-electron chi connectivity index (χ4n) is 3.22. The molecule has 3 rings (SSSR count). The van der Waals surface area contributed by atoms with Crippen molar-refractivity contribution < 1.29 is 29.3 Å². The molecule has 0 aliphatic carbocycles. The monoisotopic (exact) mass is 505 g/mol. The Labute approximate surface area is 200 Å². The number of amides is 1. The number of benzene rings is 2. The number of fused-ring (bicyclic) bond motifs is 1. The lowest BCUT2D eigenvalue weighted by molar-refractivity contribution is -0.192. The van der Waals surface area contributed by atoms with Gasteiger partial charge in [-0.05, 0) is 25.5 Å². The summed E-state index contributed by atoms with van der Waals surface area (Å²) in [6.07, 6.45) is -4.17. The molecule has 3 aromatic rings. The lowest BCUT2D eigenvalue weighted by Gasteiger charge is -2.20. The molecule has 0 radical (unpaired) electrons. The van der Waals surface area contributed by atoms with Crippen LogP contribution in [0.3, 0.4) is 0 Å². The van der Waals surface area contributed by atoms with Gasteiger partial charge in [-0.1, -0.05) is 54.4 Å². The van der Waals surface area contributed by atoms with Gasteiger partial charge in [0, 0.05) is 48.1 Å². The van der Waals surface area contributed by atoms with Gasteiger partial charge in [0.25, 0.3) is 5.91 Å².